The van der Waals surface area contributed by atoms with Crippen molar-refractivity contribution < 1.29 is 28.7 Å². The van der Waals surface area contributed by atoms with E-state index in [1.807, 2.05) is 22.3 Å². The van der Waals surface area contributed by atoms with Gasteiger partial charge in [-0.05, 0) is 181 Å². The highest BCUT2D eigenvalue weighted by molar-refractivity contribution is 7.98. The number of hydrogen-bond donors (Lipinski definition) is 4. The van der Waals surface area contributed by atoms with Crippen LogP contribution in [0.5, 0.6) is 0 Å². The first-order valence-corrected chi connectivity index (χ1v) is 29.4. The van der Waals surface area contributed by atoms with Crippen LogP contribution in [0, 0.1) is 23.7 Å². The van der Waals surface area contributed by atoms with E-state index in [1.165, 1.54) is 47.6 Å². The zero-order valence-corrected chi connectivity index (χ0v) is 44.5. The number of amides is 4. The third kappa shape index (κ3) is 9.88. The van der Waals surface area contributed by atoms with Crippen molar-refractivity contribution in [3.63, 3.8) is 0 Å². The van der Waals surface area contributed by atoms with Gasteiger partial charge in [-0.3, -0.25) is 9.59 Å². The van der Waals surface area contributed by atoms with Gasteiger partial charge < -0.3 is 39.9 Å². The Labute approximate surface area is 441 Å². The largest absolute Gasteiger partial charge is 0.453 e. The third-order valence-electron chi connectivity index (χ3n) is 17.0. The van der Waals surface area contributed by atoms with E-state index < -0.39 is 24.3 Å². The first-order valence-electron chi connectivity index (χ1n) is 26.6. The molecule has 0 radical (unpaired) electrons. The number of benzene rings is 4. The van der Waals surface area contributed by atoms with Gasteiger partial charge in [-0.2, -0.15) is 23.5 Å². The fourth-order valence-electron chi connectivity index (χ4n) is 13.3. The SMILES string of the molecule is COC(=O)N[C@@H](CCSC)C(=O)N1CC2CCCC2[C@H]1c1nc2ccc(-c3cc4ccc3CCc3ccc(c(-c5ccc6nc([C@@H]7C8CCCC8CN7C(=O)[C@H](CCSC)NC(=O)OC)[nH]c6c5)c3)CC4)cc2[nH]1. The van der Waals surface area contributed by atoms with Gasteiger partial charge in [0, 0.05) is 13.1 Å². The summed E-state index contributed by atoms with van der Waals surface area (Å²) in [5.74, 6) is 4.44. The summed E-state index contributed by atoms with van der Waals surface area (Å²) in [6.07, 6.45) is 14.0. The molecular weight excluding hydrogens is 969 g/mol. The second kappa shape index (κ2) is 21.7. The van der Waals surface area contributed by atoms with Crippen molar-refractivity contribution in [3.8, 4) is 22.3 Å². The highest BCUT2D eigenvalue weighted by atomic mass is 32.2. The molecule has 388 valence electrons. The normalized spacial score (nSPS) is 22.9. The van der Waals surface area contributed by atoms with Crippen LogP contribution in [0.4, 0.5) is 9.59 Å². The Bertz CT molecular complexity index is 2880. The lowest BCUT2D eigenvalue weighted by atomic mass is 9.87. The van der Waals surface area contributed by atoms with Crippen LogP contribution in [0.25, 0.3) is 44.3 Å². The number of ether oxygens (including phenoxy) is 2. The Hall–Kier alpha value is -6.00. The number of imidazole rings is 2. The summed E-state index contributed by atoms with van der Waals surface area (Å²) < 4.78 is 9.85. The third-order valence-corrected chi connectivity index (χ3v) is 18.3. The van der Waals surface area contributed by atoms with Gasteiger partial charge in [0.05, 0.1) is 48.4 Å². The Morgan fingerprint density at radius 1 is 0.608 bits per heavy atom. The fourth-order valence-corrected chi connectivity index (χ4v) is 14.3. The van der Waals surface area contributed by atoms with Crippen molar-refractivity contribution in [2.45, 2.75) is 101 Å². The molecule has 14 nitrogen and oxygen atoms in total. The molecule has 4 N–H and O–H groups in total. The van der Waals surface area contributed by atoms with Crippen LogP contribution in [0.1, 0.15) is 97.4 Å². The van der Waals surface area contributed by atoms with Gasteiger partial charge in [0.25, 0.3) is 0 Å². The Kier molecular flexibility index (Phi) is 14.7. The van der Waals surface area contributed by atoms with E-state index in [2.05, 4.69) is 93.4 Å². The Morgan fingerprint density at radius 2 is 1.05 bits per heavy atom. The summed E-state index contributed by atoms with van der Waals surface area (Å²) in [6, 6.07) is 25.4. The minimum atomic E-state index is -0.661. The predicted molar refractivity (Wildman–Crippen MR) is 293 cm³/mol. The number of alkyl carbamates (subject to hydrolysis) is 2. The van der Waals surface area contributed by atoms with Crippen LogP contribution in [0.3, 0.4) is 0 Å². The van der Waals surface area contributed by atoms with Crippen LogP contribution in [-0.2, 0) is 44.7 Å². The average molecular weight is 1040 g/mol. The van der Waals surface area contributed by atoms with Gasteiger partial charge in [0.15, 0.2) is 0 Å². The molecule has 2 saturated heterocycles. The quantitative estimate of drug-likeness (QED) is 0.0822. The summed E-state index contributed by atoms with van der Waals surface area (Å²) >= 11 is 3.31. The molecule has 6 aliphatic carbocycles. The van der Waals surface area contributed by atoms with Gasteiger partial charge >= 0.3 is 12.2 Å². The van der Waals surface area contributed by atoms with Crippen LogP contribution < -0.4 is 10.6 Å². The van der Waals surface area contributed by atoms with Gasteiger partial charge in [-0.1, -0.05) is 61.4 Å². The molecule has 0 spiro atoms. The number of aromatic nitrogens is 4. The van der Waals surface area contributed by atoms with E-state index in [-0.39, 0.29) is 23.9 Å². The number of H-pyrrole nitrogens is 2. The lowest BCUT2D eigenvalue weighted by Gasteiger charge is -2.30. The summed E-state index contributed by atoms with van der Waals surface area (Å²) in [6.45, 7) is 1.33. The number of aromatic amines is 2. The van der Waals surface area contributed by atoms with Crippen LogP contribution in [-0.4, -0.2) is 117 Å². The summed E-state index contributed by atoms with van der Waals surface area (Å²) in [7, 11) is 2.67. The number of carbonyl (C=O) groups is 4. The van der Waals surface area contributed by atoms with Crippen LogP contribution in [0.15, 0.2) is 72.8 Å². The van der Waals surface area contributed by atoms with E-state index in [4.69, 9.17) is 19.4 Å². The standard InChI is InChI=1S/C58H68N8O6S2/c1-71-57(69)63-47(23-25-73-3)55(67)65-31-39-7-5-9-41(39)51(65)53-59-45-21-19-37(29-49(45)61-53)43-27-33-11-15-35(43)17-13-34-12-16-36(18-14-33)44(28-34)38-20-22-46-50(30-38)62-54(60-46)52-42-10-6-8-40(42)32-66(52)56(68)48(24-26-74-4)64-58(70)72-2/h11-12,15-16,19-22,27-30,39-42,47-48,51-52H,5-10,13-14,17-18,23-26,31-32H2,1-4H3,(H,59,61)(H,60,62)(H,63,69)(H,64,70)/t39?,40?,41?,42?,47-,48-,51-,52-/m0/s1. The Balaban J connectivity index is 0.842. The predicted octanol–water partition coefficient (Wildman–Crippen LogP) is 10.2. The number of nitrogens with zero attached hydrogens (tertiary/aromatic N) is 4. The number of aryl methyl sites for hydroxylation is 4. The van der Waals surface area contributed by atoms with Crippen molar-refractivity contribution >= 4 is 69.6 Å². The molecule has 74 heavy (non-hydrogen) atoms. The number of hydrogen-bond acceptors (Lipinski definition) is 10. The van der Waals surface area contributed by atoms with Crippen molar-refractivity contribution in [1.82, 2.24) is 40.4 Å². The molecule has 16 heteroatoms. The van der Waals surface area contributed by atoms with E-state index in [0.29, 0.717) is 49.6 Å². The molecule has 14 rings (SSSR count). The first-order chi connectivity index (χ1) is 36.1. The molecule has 2 saturated carbocycles. The molecule has 4 heterocycles. The molecule has 6 aromatic rings. The van der Waals surface area contributed by atoms with Gasteiger partial charge in [0.2, 0.25) is 11.8 Å². The smallest absolute Gasteiger partial charge is 0.407 e. The highest BCUT2D eigenvalue weighted by Gasteiger charge is 2.50. The molecule has 8 aliphatic rings. The highest BCUT2D eigenvalue weighted by Crippen LogP contribution is 2.51. The zero-order chi connectivity index (χ0) is 51.0. The maximum Gasteiger partial charge on any atom is 0.407 e. The molecule has 4 bridgehead atoms. The summed E-state index contributed by atoms with van der Waals surface area (Å²) in [4.78, 5) is 75.2. The van der Waals surface area contributed by atoms with Gasteiger partial charge in [-0.15, -0.1) is 0 Å². The minimum absolute atomic E-state index is 0.0679. The number of likely N-dealkylation sites (tertiary alicyclic amines) is 2. The van der Waals surface area contributed by atoms with E-state index in [1.54, 1.807) is 23.5 Å². The molecule has 4 unspecified atom stereocenters. The maximum atomic E-state index is 14.3. The number of rotatable bonds is 14. The maximum absolute atomic E-state index is 14.3. The second-order valence-corrected chi connectivity index (χ2v) is 23.2. The number of fused-ring (bicyclic) bond motifs is 4. The van der Waals surface area contributed by atoms with Crippen molar-refractivity contribution in [2.24, 2.45) is 23.7 Å². The fraction of sp³-hybridized carbons (Fsp3) is 0.483. The lowest BCUT2D eigenvalue weighted by molar-refractivity contribution is -0.135. The summed E-state index contributed by atoms with van der Waals surface area (Å²) in [5.41, 5.74) is 13.6. The second-order valence-electron chi connectivity index (χ2n) is 21.2. The topological polar surface area (TPSA) is 175 Å². The molecule has 4 amide bonds. The van der Waals surface area contributed by atoms with Crippen molar-refractivity contribution in [3.05, 3.63) is 107 Å². The molecule has 4 fully saturated rings. The van der Waals surface area contributed by atoms with Gasteiger partial charge in [-0.25, -0.2) is 19.6 Å². The average Bonchev–Trinajstić information content (AvgIpc) is 4.29. The van der Waals surface area contributed by atoms with Gasteiger partial charge in [0.1, 0.15) is 23.7 Å². The first kappa shape index (κ1) is 50.2. The van der Waals surface area contributed by atoms with Crippen LogP contribution >= 0.6 is 23.5 Å². The molecule has 2 aliphatic heterocycles. The van der Waals surface area contributed by atoms with E-state index in [9.17, 15) is 19.2 Å². The van der Waals surface area contributed by atoms with Crippen molar-refractivity contribution in [2.75, 3.05) is 51.3 Å². The lowest BCUT2D eigenvalue weighted by Crippen LogP contribution is -2.49. The summed E-state index contributed by atoms with van der Waals surface area (Å²) in [5, 5.41) is 5.66. The van der Waals surface area contributed by atoms with Crippen molar-refractivity contribution in [1.29, 1.82) is 0 Å². The van der Waals surface area contributed by atoms with Crippen LogP contribution in [0.2, 0.25) is 0 Å². The van der Waals surface area contributed by atoms with E-state index in [0.717, 1.165) is 121 Å². The monoisotopic (exact) mass is 1040 g/mol. The zero-order valence-electron chi connectivity index (χ0n) is 42.9. The number of thioether (sulfide) groups is 2. The number of carbonyl (C=O) groups excluding carboxylic acids is 4. The molecule has 8 atom stereocenters. The minimum Gasteiger partial charge on any atom is -0.453 e. The molecule has 2 aromatic heterocycles. The van der Waals surface area contributed by atoms with E-state index >= 15 is 0 Å². The molecular formula is C58H68N8O6S2. The number of nitrogens with one attached hydrogen (secondary N) is 4. The molecule has 4 aromatic carbocycles. The Morgan fingerprint density at radius 3 is 1.47 bits per heavy atom. The number of methoxy groups -OCH3 is 2.